The van der Waals surface area contributed by atoms with Crippen molar-refractivity contribution in [3.63, 3.8) is 0 Å². The summed E-state index contributed by atoms with van der Waals surface area (Å²) >= 11 is 0. The van der Waals surface area contributed by atoms with Crippen LogP contribution in [0.5, 0.6) is 0 Å². The van der Waals surface area contributed by atoms with Crippen LogP contribution in [0, 0.1) is 12.7 Å². The van der Waals surface area contributed by atoms with Gasteiger partial charge in [0, 0.05) is 36.7 Å². The molecule has 2 aromatic heterocycles. The second-order valence-corrected chi connectivity index (χ2v) is 11.1. The quantitative estimate of drug-likeness (QED) is 0.131. The van der Waals surface area contributed by atoms with Gasteiger partial charge in [-0.2, -0.15) is 0 Å². The van der Waals surface area contributed by atoms with Gasteiger partial charge in [-0.25, -0.2) is 14.2 Å². The number of hydrogen-bond acceptors (Lipinski definition) is 7. The average Bonchev–Trinajstić information content (AvgIpc) is 3.39. The van der Waals surface area contributed by atoms with Crippen LogP contribution in [0.15, 0.2) is 89.5 Å². The fourth-order valence-electron chi connectivity index (χ4n) is 5.68. The van der Waals surface area contributed by atoms with Crippen LogP contribution in [0.2, 0.25) is 0 Å². The summed E-state index contributed by atoms with van der Waals surface area (Å²) in [4.78, 5) is 31.9. The number of fused-ring (bicyclic) bond motifs is 1. The first-order chi connectivity index (χ1) is 21.4. The molecule has 0 atom stereocenters. The lowest BCUT2D eigenvalue weighted by Crippen LogP contribution is -2.37. The Morgan fingerprint density at radius 2 is 1.75 bits per heavy atom. The second-order valence-electron chi connectivity index (χ2n) is 11.1. The fourth-order valence-corrected chi connectivity index (χ4v) is 5.68. The maximum atomic E-state index is 13.7. The lowest BCUT2D eigenvalue weighted by atomic mass is 10.0. The third-order valence-electron chi connectivity index (χ3n) is 8.12. The number of ether oxygens (including phenoxy) is 2. The highest BCUT2D eigenvalue weighted by atomic mass is 19.1. The first-order valence-corrected chi connectivity index (χ1v) is 14.7. The van der Waals surface area contributed by atoms with E-state index >= 15 is 0 Å². The number of carbonyl (C=O) groups is 2. The average molecular weight is 593 g/mol. The van der Waals surface area contributed by atoms with Crippen molar-refractivity contribution in [3.8, 4) is 11.1 Å². The van der Waals surface area contributed by atoms with Gasteiger partial charge >= 0.3 is 5.97 Å². The smallest absolute Gasteiger partial charge is 0.337 e. The molecule has 1 fully saturated rings. The van der Waals surface area contributed by atoms with E-state index in [2.05, 4.69) is 9.88 Å². The molecule has 1 aliphatic heterocycles. The monoisotopic (exact) mass is 592 g/mol. The number of aryl methyl sites for hydroxylation is 1. The minimum atomic E-state index is -0.356. The minimum absolute atomic E-state index is 0.115. The highest BCUT2D eigenvalue weighted by Crippen LogP contribution is 2.31. The van der Waals surface area contributed by atoms with E-state index in [1.54, 1.807) is 24.4 Å². The van der Waals surface area contributed by atoms with E-state index in [1.807, 2.05) is 55.5 Å². The van der Waals surface area contributed by atoms with E-state index in [4.69, 9.17) is 13.9 Å². The molecule has 0 unspecified atom stereocenters. The Balaban J connectivity index is 1.04. The van der Waals surface area contributed by atoms with Gasteiger partial charge in [0.15, 0.2) is 5.76 Å². The molecule has 224 valence electrons. The van der Waals surface area contributed by atoms with Crippen LogP contribution in [0.1, 0.15) is 50.4 Å². The Hall–Kier alpha value is -4.82. The Kier molecular flexibility index (Phi) is 8.52. The maximum Gasteiger partial charge on any atom is 0.337 e. The summed E-state index contributed by atoms with van der Waals surface area (Å²) < 4.78 is 30.6. The number of carbonyl (C=O) groups excluding carboxylic acids is 2. The molecule has 3 heterocycles. The van der Waals surface area contributed by atoms with Gasteiger partial charge in [-0.1, -0.05) is 36.4 Å². The number of rotatable bonds is 9. The summed E-state index contributed by atoms with van der Waals surface area (Å²) in [6.07, 6.45) is 3.79. The summed E-state index contributed by atoms with van der Waals surface area (Å²) in [5, 5.41) is 0.839. The van der Waals surface area contributed by atoms with E-state index in [-0.39, 0.29) is 30.1 Å². The molecule has 0 spiro atoms. The van der Waals surface area contributed by atoms with Gasteiger partial charge in [-0.3, -0.25) is 4.79 Å². The largest absolute Gasteiger partial charge is 0.465 e. The van der Waals surface area contributed by atoms with Crippen molar-refractivity contribution in [2.45, 2.75) is 38.9 Å². The Bertz CT molecular complexity index is 1810. The van der Waals surface area contributed by atoms with Crippen LogP contribution in [0.25, 0.3) is 22.1 Å². The molecule has 7 nitrogen and oxygen atoms in total. The predicted molar refractivity (Wildman–Crippen MR) is 166 cm³/mol. The molecule has 0 bridgehead atoms. The molecule has 0 aliphatic carbocycles. The molecule has 5 aromatic rings. The Morgan fingerprint density at radius 3 is 2.50 bits per heavy atom. The molecule has 0 amide bonds. The number of furan rings is 1. The van der Waals surface area contributed by atoms with Gasteiger partial charge in [-0.05, 0) is 84.5 Å². The van der Waals surface area contributed by atoms with Crippen LogP contribution < -0.4 is 4.90 Å². The summed E-state index contributed by atoms with van der Waals surface area (Å²) in [5.74, 6) is 0.438. The standard InChI is InChI=1S/C36H33FN2O5/c1-23-31-20-27(26-6-4-8-29(37)19-26)10-11-33(31)44-35(23)32(40)18-24-9-12-34(38-21-24)39-15-13-30(14-16-39)43-22-25-5-3-7-28(17-25)36(41)42-2/h3-12,17,19-21,30H,13-16,18,22H2,1-2H3. The molecule has 0 saturated carbocycles. The van der Waals surface area contributed by atoms with Crippen molar-refractivity contribution in [3.05, 3.63) is 119 Å². The maximum absolute atomic E-state index is 13.7. The van der Waals surface area contributed by atoms with Crippen LogP contribution >= 0.6 is 0 Å². The SMILES string of the molecule is COC(=O)c1cccc(COC2CCN(c3ccc(CC(=O)c4oc5ccc(-c6cccc(F)c6)cc5c4C)cn3)CC2)c1. The first kappa shape index (κ1) is 29.3. The number of methoxy groups -OCH3 is 1. The zero-order valence-corrected chi connectivity index (χ0v) is 24.7. The lowest BCUT2D eigenvalue weighted by Gasteiger charge is -2.32. The van der Waals surface area contributed by atoms with Gasteiger partial charge in [0.1, 0.15) is 17.2 Å². The number of esters is 1. The van der Waals surface area contributed by atoms with Crippen LogP contribution in [-0.4, -0.2) is 43.0 Å². The van der Waals surface area contributed by atoms with Crippen molar-refractivity contribution < 1.29 is 27.9 Å². The molecule has 3 aromatic carbocycles. The van der Waals surface area contributed by atoms with Gasteiger partial charge in [0.2, 0.25) is 5.78 Å². The molecule has 1 saturated heterocycles. The van der Waals surface area contributed by atoms with Gasteiger partial charge < -0.3 is 18.8 Å². The molecular formula is C36H33FN2O5. The number of nitrogens with zero attached hydrogens (tertiary/aromatic N) is 2. The summed E-state index contributed by atoms with van der Waals surface area (Å²) in [7, 11) is 1.37. The number of hydrogen-bond donors (Lipinski definition) is 0. The van der Waals surface area contributed by atoms with Crippen molar-refractivity contribution in [1.29, 1.82) is 0 Å². The van der Waals surface area contributed by atoms with E-state index < -0.39 is 0 Å². The van der Waals surface area contributed by atoms with E-state index in [0.29, 0.717) is 23.5 Å². The minimum Gasteiger partial charge on any atom is -0.465 e. The molecule has 6 rings (SSSR count). The predicted octanol–water partition coefficient (Wildman–Crippen LogP) is 7.34. The molecular weight excluding hydrogens is 559 g/mol. The van der Waals surface area contributed by atoms with Crippen LogP contribution in [-0.2, 0) is 22.5 Å². The van der Waals surface area contributed by atoms with E-state index in [1.165, 1.54) is 19.2 Å². The number of piperidine rings is 1. The second kappa shape index (κ2) is 12.8. The topological polar surface area (TPSA) is 81.9 Å². The van der Waals surface area contributed by atoms with Gasteiger partial charge in [0.25, 0.3) is 0 Å². The normalized spacial score (nSPS) is 13.8. The Morgan fingerprint density at radius 1 is 0.955 bits per heavy atom. The molecule has 0 N–H and O–H groups in total. The van der Waals surface area contributed by atoms with Crippen molar-refractivity contribution in [2.24, 2.45) is 0 Å². The molecule has 8 heteroatoms. The lowest BCUT2D eigenvalue weighted by molar-refractivity contribution is 0.0250. The number of ketones is 1. The highest BCUT2D eigenvalue weighted by molar-refractivity contribution is 6.02. The first-order valence-electron chi connectivity index (χ1n) is 14.7. The summed E-state index contributed by atoms with van der Waals surface area (Å²) in [5.41, 5.74) is 5.30. The van der Waals surface area contributed by atoms with Crippen molar-refractivity contribution in [2.75, 3.05) is 25.1 Å². The number of Topliss-reactive ketones (excluding diaryl/α,β-unsaturated/α-hetero) is 1. The third-order valence-corrected chi connectivity index (χ3v) is 8.12. The van der Waals surface area contributed by atoms with E-state index in [0.717, 1.165) is 65.0 Å². The van der Waals surface area contributed by atoms with Crippen molar-refractivity contribution in [1.82, 2.24) is 4.98 Å². The van der Waals surface area contributed by atoms with Gasteiger partial charge in [0.05, 0.1) is 25.4 Å². The number of benzene rings is 3. The van der Waals surface area contributed by atoms with E-state index in [9.17, 15) is 14.0 Å². The molecule has 44 heavy (non-hydrogen) atoms. The fraction of sp³-hybridized carbons (Fsp3) is 0.250. The van der Waals surface area contributed by atoms with Crippen LogP contribution in [0.3, 0.4) is 0 Å². The van der Waals surface area contributed by atoms with Crippen LogP contribution in [0.4, 0.5) is 10.2 Å². The molecule has 1 aliphatic rings. The Labute approximate surface area is 255 Å². The van der Waals surface area contributed by atoms with Gasteiger partial charge in [-0.15, -0.1) is 0 Å². The third kappa shape index (κ3) is 6.40. The number of aromatic nitrogens is 1. The summed E-state index contributed by atoms with van der Waals surface area (Å²) in [6.45, 7) is 3.94. The highest BCUT2D eigenvalue weighted by Gasteiger charge is 2.22. The van der Waals surface area contributed by atoms with Crippen molar-refractivity contribution >= 4 is 28.5 Å². The molecule has 0 radical (unpaired) electrons. The number of anilines is 1. The number of halogens is 1. The summed E-state index contributed by atoms with van der Waals surface area (Å²) in [6, 6.07) is 23.3. The zero-order valence-electron chi connectivity index (χ0n) is 24.7. The number of pyridine rings is 1. The zero-order chi connectivity index (χ0) is 30.6.